The molecule has 3 atom stereocenters. The summed E-state index contributed by atoms with van der Waals surface area (Å²) in [6.07, 6.45) is 2.89. The maximum absolute atomic E-state index is 14.0. The van der Waals surface area contributed by atoms with Gasteiger partial charge in [-0.1, -0.05) is 11.3 Å². The number of aromatic nitrogens is 3. The lowest BCUT2D eigenvalue weighted by molar-refractivity contribution is -0.154. The Morgan fingerprint density at radius 2 is 1.94 bits per heavy atom. The smallest absolute Gasteiger partial charge is 0.253 e. The van der Waals surface area contributed by atoms with E-state index in [-0.39, 0.29) is 35.5 Å². The van der Waals surface area contributed by atoms with Gasteiger partial charge in [-0.05, 0) is 13.0 Å². The molecule has 0 spiro atoms. The van der Waals surface area contributed by atoms with Gasteiger partial charge in [0.15, 0.2) is 6.04 Å². The van der Waals surface area contributed by atoms with Gasteiger partial charge in [0.25, 0.3) is 5.91 Å². The second-order valence-corrected chi connectivity index (χ2v) is 7.92. The number of benzene rings is 1. The quantitative estimate of drug-likeness (QED) is 0.498. The Labute approximate surface area is 181 Å². The van der Waals surface area contributed by atoms with Crippen LogP contribution in [0, 0.1) is 11.6 Å². The summed E-state index contributed by atoms with van der Waals surface area (Å²) in [7, 11) is 0. The molecule has 2 fully saturated rings. The third kappa shape index (κ3) is 3.11. The number of nitrogens with zero attached hydrogens (tertiary/aromatic N) is 5. The minimum atomic E-state index is -1.21. The van der Waals surface area contributed by atoms with Crippen molar-refractivity contribution in [3.8, 4) is 0 Å². The molecule has 1 aromatic heterocycles. The van der Waals surface area contributed by atoms with Crippen LogP contribution in [0.5, 0.6) is 0 Å². The molecule has 3 aliphatic rings. The fraction of sp³-hybridized carbons (Fsp3) is 0.381. The van der Waals surface area contributed by atoms with E-state index in [1.165, 1.54) is 23.1 Å². The first-order chi connectivity index (χ1) is 15.4. The number of carbonyl (C=O) groups excluding carboxylic acids is 3. The zero-order valence-electron chi connectivity index (χ0n) is 17.1. The molecule has 166 valence electrons. The molecule has 0 N–H and O–H groups in total. The van der Waals surface area contributed by atoms with Gasteiger partial charge in [-0.3, -0.25) is 14.4 Å². The van der Waals surface area contributed by atoms with Crippen molar-refractivity contribution in [3.05, 3.63) is 53.5 Å². The Hall–Kier alpha value is -3.47. The van der Waals surface area contributed by atoms with E-state index in [1.807, 2.05) is 6.92 Å². The lowest BCUT2D eigenvalue weighted by Crippen LogP contribution is -2.68. The highest BCUT2D eigenvalue weighted by Crippen LogP contribution is 2.33. The van der Waals surface area contributed by atoms with Crippen molar-refractivity contribution in [1.29, 1.82) is 0 Å². The average Bonchev–Trinajstić information content (AvgIpc) is 3.42. The first kappa shape index (κ1) is 20.4. The monoisotopic (exact) mass is 443 g/mol. The molecule has 0 bridgehead atoms. The topological polar surface area (TPSA) is 97.6 Å². The number of ether oxygens (including phenoxy) is 1. The number of rotatable bonds is 4. The van der Waals surface area contributed by atoms with Gasteiger partial charge in [-0.2, -0.15) is 0 Å². The lowest BCUT2D eigenvalue weighted by Gasteiger charge is -2.47. The average molecular weight is 443 g/mol. The number of amides is 1. The predicted octanol–water partition coefficient (Wildman–Crippen LogP) is 0.397. The number of fused-ring (bicyclic) bond motifs is 3. The summed E-state index contributed by atoms with van der Waals surface area (Å²) in [6.45, 7) is 2.88. The van der Waals surface area contributed by atoms with E-state index in [1.54, 1.807) is 9.80 Å². The second-order valence-electron chi connectivity index (χ2n) is 7.92. The zero-order valence-corrected chi connectivity index (χ0v) is 17.1. The summed E-state index contributed by atoms with van der Waals surface area (Å²) in [5.41, 5.74) is 0.334. The maximum atomic E-state index is 14.0. The van der Waals surface area contributed by atoms with Gasteiger partial charge >= 0.3 is 0 Å². The van der Waals surface area contributed by atoms with E-state index >= 15 is 0 Å². The molecule has 0 aliphatic carbocycles. The minimum Gasteiger partial charge on any atom is -0.377 e. The van der Waals surface area contributed by atoms with Crippen molar-refractivity contribution in [2.75, 3.05) is 19.8 Å². The van der Waals surface area contributed by atoms with Gasteiger partial charge in [0.2, 0.25) is 11.6 Å². The lowest BCUT2D eigenvalue weighted by atomic mass is 9.89. The fourth-order valence-electron chi connectivity index (χ4n) is 4.53. The van der Waals surface area contributed by atoms with Crippen LogP contribution in [-0.4, -0.2) is 80.2 Å². The van der Waals surface area contributed by atoms with Crippen molar-refractivity contribution in [1.82, 2.24) is 24.8 Å². The van der Waals surface area contributed by atoms with Crippen LogP contribution in [0.3, 0.4) is 0 Å². The maximum Gasteiger partial charge on any atom is 0.253 e. The molecule has 0 radical (unpaired) electrons. The number of Topliss-reactive ketones (excluding diaryl/α,β-unsaturated/α-hetero) is 2. The van der Waals surface area contributed by atoms with Crippen LogP contribution in [0.25, 0.3) is 5.57 Å². The first-order valence-electron chi connectivity index (χ1n) is 10.2. The summed E-state index contributed by atoms with van der Waals surface area (Å²) in [5, 5.41) is 7.87. The Bertz CT molecular complexity index is 1160. The van der Waals surface area contributed by atoms with Gasteiger partial charge in [-0.25, -0.2) is 13.5 Å². The van der Waals surface area contributed by atoms with Gasteiger partial charge < -0.3 is 14.5 Å². The SMILES string of the molecule is CCN1C(=O)C2C(=O)C(=O)C(c3cn(Cc4ccc(F)cc4F)nn3)=CN2[C@@H]2COC[C@@H]21. The number of ketones is 2. The molecule has 1 amide bonds. The van der Waals surface area contributed by atoms with Crippen LogP contribution in [0.1, 0.15) is 18.2 Å². The van der Waals surface area contributed by atoms with Crippen molar-refractivity contribution >= 4 is 23.0 Å². The summed E-state index contributed by atoms with van der Waals surface area (Å²) in [6, 6.07) is 1.52. The number of allylic oxidation sites excluding steroid dienone is 1. The minimum absolute atomic E-state index is 0.0143. The van der Waals surface area contributed by atoms with E-state index in [9.17, 15) is 23.2 Å². The highest BCUT2D eigenvalue weighted by molar-refractivity contribution is 6.58. The number of carbonyl (C=O) groups is 3. The van der Waals surface area contributed by atoms with Crippen molar-refractivity contribution in [2.45, 2.75) is 31.6 Å². The van der Waals surface area contributed by atoms with Crippen molar-refractivity contribution in [2.24, 2.45) is 0 Å². The van der Waals surface area contributed by atoms with E-state index in [2.05, 4.69) is 10.3 Å². The zero-order chi connectivity index (χ0) is 22.6. The van der Waals surface area contributed by atoms with Crippen LogP contribution in [0.2, 0.25) is 0 Å². The predicted molar refractivity (Wildman–Crippen MR) is 105 cm³/mol. The standard InChI is InChI=1S/C21H19F2N5O4/c1-2-27-16-9-32-10-17(16)28-7-13(19(29)20(30)18(28)21(27)31)15-8-26(25-24-15)6-11-3-4-12(22)5-14(11)23/h3-5,7-8,16-18H,2,6,9-10H2,1H3/t16-,17+,18?/m0/s1. The second kappa shape index (κ2) is 7.59. The summed E-state index contributed by atoms with van der Waals surface area (Å²) >= 11 is 0. The third-order valence-electron chi connectivity index (χ3n) is 6.12. The molecule has 5 rings (SSSR count). The van der Waals surface area contributed by atoms with E-state index < -0.39 is 35.1 Å². The summed E-state index contributed by atoms with van der Waals surface area (Å²) in [4.78, 5) is 41.9. The van der Waals surface area contributed by atoms with Gasteiger partial charge in [0.1, 0.15) is 17.3 Å². The van der Waals surface area contributed by atoms with E-state index in [0.29, 0.717) is 19.8 Å². The Balaban J connectivity index is 1.47. The number of halogens is 2. The van der Waals surface area contributed by atoms with Crippen LogP contribution in [0.15, 0.2) is 30.6 Å². The summed E-state index contributed by atoms with van der Waals surface area (Å²) in [5.74, 6) is -3.48. The van der Waals surface area contributed by atoms with Gasteiger partial charge in [-0.15, -0.1) is 5.10 Å². The van der Waals surface area contributed by atoms with Crippen LogP contribution < -0.4 is 0 Å². The Morgan fingerprint density at radius 1 is 1.16 bits per heavy atom. The molecule has 11 heteroatoms. The highest BCUT2D eigenvalue weighted by atomic mass is 19.1. The number of piperazine rings is 1. The van der Waals surface area contributed by atoms with Gasteiger partial charge in [0.05, 0.1) is 43.6 Å². The van der Waals surface area contributed by atoms with E-state index in [0.717, 1.165) is 12.1 Å². The number of hydrogen-bond donors (Lipinski definition) is 0. The molecular weight excluding hydrogens is 424 g/mol. The Morgan fingerprint density at radius 3 is 2.69 bits per heavy atom. The van der Waals surface area contributed by atoms with Crippen LogP contribution in [-0.2, 0) is 25.7 Å². The number of hydrogen-bond acceptors (Lipinski definition) is 7. The molecule has 4 heterocycles. The molecule has 1 aromatic carbocycles. The van der Waals surface area contributed by atoms with E-state index in [4.69, 9.17) is 4.74 Å². The fourth-order valence-corrected chi connectivity index (χ4v) is 4.53. The number of likely N-dealkylation sites (N-methyl/N-ethyl adjacent to an activating group) is 1. The summed E-state index contributed by atoms with van der Waals surface area (Å²) < 4.78 is 33.9. The third-order valence-corrected chi connectivity index (χ3v) is 6.12. The molecule has 2 aromatic rings. The normalized spacial score (nSPS) is 25.2. The first-order valence-corrected chi connectivity index (χ1v) is 10.2. The molecule has 2 saturated heterocycles. The highest BCUT2D eigenvalue weighted by Gasteiger charge is 2.54. The van der Waals surface area contributed by atoms with Crippen LogP contribution in [0.4, 0.5) is 8.78 Å². The van der Waals surface area contributed by atoms with Crippen molar-refractivity contribution < 1.29 is 27.9 Å². The van der Waals surface area contributed by atoms with Gasteiger partial charge in [0, 0.05) is 24.4 Å². The molecule has 1 unspecified atom stereocenters. The molecule has 9 nitrogen and oxygen atoms in total. The molecule has 32 heavy (non-hydrogen) atoms. The largest absolute Gasteiger partial charge is 0.377 e. The Kier molecular flexibility index (Phi) is 4.85. The molecular formula is C21H19F2N5O4. The molecule has 0 saturated carbocycles. The van der Waals surface area contributed by atoms with Crippen LogP contribution >= 0.6 is 0 Å². The molecule has 3 aliphatic heterocycles. The van der Waals surface area contributed by atoms with Crippen molar-refractivity contribution in [3.63, 3.8) is 0 Å².